The van der Waals surface area contributed by atoms with Gasteiger partial charge in [0.2, 0.25) is 10.9 Å². The molecule has 8 nitrogen and oxygen atoms in total. The largest absolute Gasteiger partial charge is 1.00 e. The lowest BCUT2D eigenvalue weighted by Gasteiger charge is -2.22. The van der Waals surface area contributed by atoms with Crippen LogP contribution < -0.4 is 46.1 Å². The first-order chi connectivity index (χ1) is 25.3. The van der Waals surface area contributed by atoms with E-state index in [0.29, 0.717) is 35.1 Å². The highest BCUT2D eigenvalue weighted by Crippen LogP contribution is 2.30. The Labute approximate surface area is 317 Å². The fraction of sp³-hybridized carbons (Fsp3) is 0.262. The SMILES string of the molecule is CCN(C(=O)c1cn(-c2cc(OC)cc(OC)c2)c2cc(OCCCCCCC[n+]3cccc4ccccc43)ccc2c1=O)c1cc(F)cc(F)c1.[Br-]. The van der Waals surface area contributed by atoms with E-state index in [4.69, 9.17) is 14.2 Å². The number of fused-ring (bicyclic) bond motifs is 2. The number of hydrogen-bond donors (Lipinski definition) is 0. The average molecular weight is 787 g/mol. The fourth-order valence-corrected chi connectivity index (χ4v) is 6.50. The minimum Gasteiger partial charge on any atom is -1.00 e. The zero-order valence-electron chi connectivity index (χ0n) is 30.0. The number of halogens is 3. The van der Waals surface area contributed by atoms with Gasteiger partial charge in [-0.15, -0.1) is 0 Å². The number of methoxy groups -OCH3 is 2. The van der Waals surface area contributed by atoms with Crippen molar-refractivity contribution in [3.05, 3.63) is 131 Å². The molecule has 276 valence electrons. The molecular formula is C42H42BrF2N3O5. The van der Waals surface area contributed by atoms with E-state index in [0.717, 1.165) is 56.8 Å². The summed E-state index contributed by atoms with van der Waals surface area (Å²) < 4.78 is 49.5. The van der Waals surface area contributed by atoms with Crippen LogP contribution in [0.15, 0.2) is 108 Å². The molecule has 0 fully saturated rings. The second-order valence-electron chi connectivity index (χ2n) is 12.5. The Morgan fingerprint density at radius 3 is 2.19 bits per heavy atom. The number of ether oxygens (including phenoxy) is 3. The summed E-state index contributed by atoms with van der Waals surface area (Å²) in [7, 11) is 3.06. The number of aryl methyl sites for hydroxylation is 1. The van der Waals surface area contributed by atoms with Gasteiger partial charge in [0.05, 0.1) is 32.0 Å². The third-order valence-electron chi connectivity index (χ3n) is 9.14. The van der Waals surface area contributed by atoms with Gasteiger partial charge in [0.25, 0.3) is 5.91 Å². The third kappa shape index (κ3) is 9.03. The van der Waals surface area contributed by atoms with Crippen LogP contribution in [0, 0.1) is 11.6 Å². The number of amides is 1. The molecule has 6 aromatic rings. The summed E-state index contributed by atoms with van der Waals surface area (Å²) in [6.45, 7) is 3.22. The van der Waals surface area contributed by atoms with Gasteiger partial charge in [0, 0.05) is 78.1 Å². The van der Waals surface area contributed by atoms with E-state index in [-0.39, 0.29) is 40.2 Å². The van der Waals surface area contributed by atoms with Crippen LogP contribution >= 0.6 is 0 Å². The van der Waals surface area contributed by atoms with Crippen LogP contribution in [-0.2, 0) is 6.54 Å². The molecule has 2 heterocycles. The zero-order valence-corrected chi connectivity index (χ0v) is 31.6. The number of rotatable bonds is 15. The van der Waals surface area contributed by atoms with E-state index < -0.39 is 23.0 Å². The Morgan fingerprint density at radius 1 is 0.792 bits per heavy atom. The molecule has 1 amide bonds. The van der Waals surface area contributed by atoms with Crippen molar-refractivity contribution in [3.63, 3.8) is 0 Å². The van der Waals surface area contributed by atoms with Crippen molar-refractivity contribution in [2.45, 2.75) is 45.6 Å². The molecule has 2 aromatic heterocycles. The quantitative estimate of drug-likeness (QED) is 0.103. The van der Waals surface area contributed by atoms with Gasteiger partial charge in [0.15, 0.2) is 6.20 Å². The topological polar surface area (TPSA) is 73.9 Å². The highest BCUT2D eigenvalue weighted by atomic mass is 79.9. The summed E-state index contributed by atoms with van der Waals surface area (Å²) in [4.78, 5) is 29.1. The van der Waals surface area contributed by atoms with E-state index in [1.807, 2.05) is 0 Å². The van der Waals surface area contributed by atoms with Crippen LogP contribution in [0.25, 0.3) is 27.5 Å². The summed E-state index contributed by atoms with van der Waals surface area (Å²) in [6, 6.07) is 25.9. The fourth-order valence-electron chi connectivity index (χ4n) is 6.50. The molecule has 4 aromatic carbocycles. The smallest absolute Gasteiger partial charge is 0.263 e. The Bertz CT molecular complexity index is 2230. The highest BCUT2D eigenvalue weighted by Gasteiger charge is 2.24. The van der Waals surface area contributed by atoms with Gasteiger partial charge < -0.3 is 40.7 Å². The van der Waals surface area contributed by atoms with Crippen LogP contribution in [-0.4, -0.2) is 37.8 Å². The summed E-state index contributed by atoms with van der Waals surface area (Å²) in [5.74, 6) is -0.773. The first-order valence-corrected chi connectivity index (χ1v) is 17.5. The summed E-state index contributed by atoms with van der Waals surface area (Å²) in [6.07, 6.45) is 8.79. The van der Waals surface area contributed by atoms with E-state index >= 15 is 0 Å². The lowest BCUT2D eigenvalue weighted by Crippen LogP contribution is -3.00. The Hall–Kier alpha value is -5.29. The summed E-state index contributed by atoms with van der Waals surface area (Å²) in [5.41, 5.74) is 1.62. The zero-order chi connectivity index (χ0) is 36.6. The Kier molecular flexibility index (Phi) is 13.2. The van der Waals surface area contributed by atoms with Gasteiger partial charge in [-0.1, -0.05) is 25.0 Å². The maximum atomic E-state index is 14.1. The monoisotopic (exact) mass is 785 g/mol. The van der Waals surface area contributed by atoms with Gasteiger partial charge in [-0.3, -0.25) is 9.59 Å². The Balaban J connectivity index is 0.00000541. The molecule has 0 aliphatic heterocycles. The molecule has 11 heteroatoms. The van der Waals surface area contributed by atoms with Gasteiger partial charge in [-0.2, -0.15) is 4.57 Å². The van der Waals surface area contributed by atoms with Crippen LogP contribution in [0.2, 0.25) is 0 Å². The molecule has 0 atom stereocenters. The second kappa shape index (κ2) is 18.0. The highest BCUT2D eigenvalue weighted by molar-refractivity contribution is 6.07. The molecule has 0 saturated heterocycles. The molecule has 0 N–H and O–H groups in total. The van der Waals surface area contributed by atoms with E-state index in [2.05, 4.69) is 47.2 Å². The molecule has 0 unspecified atom stereocenters. The number of para-hydroxylation sites is 1. The average Bonchev–Trinajstić information content (AvgIpc) is 3.15. The molecule has 0 aliphatic rings. The summed E-state index contributed by atoms with van der Waals surface area (Å²) >= 11 is 0. The molecule has 6 rings (SSSR count). The van der Waals surface area contributed by atoms with Crippen molar-refractivity contribution in [1.29, 1.82) is 0 Å². The minimum atomic E-state index is -0.829. The molecule has 0 spiro atoms. The third-order valence-corrected chi connectivity index (χ3v) is 9.14. The van der Waals surface area contributed by atoms with Gasteiger partial charge in [-0.25, -0.2) is 8.78 Å². The Morgan fingerprint density at radius 2 is 1.47 bits per heavy atom. The number of anilines is 1. The number of benzene rings is 4. The van der Waals surface area contributed by atoms with Crippen molar-refractivity contribution in [1.82, 2.24) is 4.57 Å². The minimum absolute atomic E-state index is 0. The molecule has 53 heavy (non-hydrogen) atoms. The van der Waals surface area contributed by atoms with Gasteiger partial charge in [-0.05, 0) is 56.2 Å². The van der Waals surface area contributed by atoms with Crippen LogP contribution in [0.3, 0.4) is 0 Å². The van der Waals surface area contributed by atoms with E-state index in [1.54, 1.807) is 47.9 Å². The second-order valence-corrected chi connectivity index (χ2v) is 12.5. The van der Waals surface area contributed by atoms with E-state index in [1.165, 1.54) is 36.2 Å². The first kappa shape index (κ1) is 38.9. The van der Waals surface area contributed by atoms with Crippen molar-refractivity contribution in [2.24, 2.45) is 0 Å². The molecule has 0 bridgehead atoms. The van der Waals surface area contributed by atoms with Crippen molar-refractivity contribution in [3.8, 4) is 22.9 Å². The van der Waals surface area contributed by atoms with Crippen molar-refractivity contribution >= 4 is 33.4 Å². The van der Waals surface area contributed by atoms with E-state index in [9.17, 15) is 18.4 Å². The maximum Gasteiger partial charge on any atom is 0.263 e. The predicted octanol–water partition coefficient (Wildman–Crippen LogP) is 5.43. The number of aromatic nitrogens is 2. The van der Waals surface area contributed by atoms with Gasteiger partial charge >= 0.3 is 0 Å². The standard InChI is InChI=1S/C42H42F2N3O5.BrH/c1-4-46(32-22-30(43)21-31(44)23-32)42(49)38-28-47(33-24-35(50-2)26-36(25-33)51-3)40-27-34(16-17-37(40)41(38)48)52-20-11-7-5-6-10-18-45-19-12-14-29-13-8-9-15-39(29)45;/h8-9,12-17,19,21-28H,4-7,10-11,18,20H2,1-3H3;1H/q+1;/p-1. The number of carbonyl (C=O) groups excluding carboxylic acids is 1. The molecule has 0 radical (unpaired) electrons. The number of carbonyl (C=O) groups is 1. The van der Waals surface area contributed by atoms with Crippen LogP contribution in [0.4, 0.5) is 14.5 Å². The van der Waals surface area contributed by atoms with Crippen LogP contribution in [0.1, 0.15) is 49.4 Å². The molecular weight excluding hydrogens is 744 g/mol. The number of nitrogens with zero attached hydrogens (tertiary/aromatic N) is 3. The number of hydrogen-bond acceptors (Lipinski definition) is 5. The summed E-state index contributed by atoms with van der Waals surface area (Å²) in [5, 5.41) is 1.51. The lowest BCUT2D eigenvalue weighted by molar-refractivity contribution is -0.671. The normalized spacial score (nSPS) is 11.0. The van der Waals surface area contributed by atoms with Gasteiger partial charge in [0.1, 0.15) is 41.0 Å². The molecule has 0 aliphatic carbocycles. The van der Waals surface area contributed by atoms with Crippen molar-refractivity contribution in [2.75, 3.05) is 32.3 Å². The first-order valence-electron chi connectivity index (χ1n) is 17.5. The molecule has 0 saturated carbocycles. The number of unbranched alkanes of at least 4 members (excludes halogenated alkanes) is 4. The lowest BCUT2D eigenvalue weighted by atomic mass is 10.1. The predicted molar refractivity (Wildman–Crippen MR) is 199 cm³/mol. The van der Waals surface area contributed by atoms with Crippen molar-refractivity contribution < 1.29 is 49.3 Å². The number of pyridine rings is 2. The maximum absolute atomic E-state index is 14.1. The van der Waals surface area contributed by atoms with Crippen LogP contribution in [0.5, 0.6) is 17.2 Å².